The first-order valence-electron chi connectivity index (χ1n) is 16.5. The summed E-state index contributed by atoms with van der Waals surface area (Å²) in [4.78, 5) is 30.6. The number of hydrogen-bond acceptors (Lipinski definition) is 4. The third kappa shape index (κ3) is 8.49. The quantitative estimate of drug-likeness (QED) is 0.173. The zero-order chi connectivity index (χ0) is 33.4. The zero-order valence-corrected chi connectivity index (χ0v) is 28.4. The van der Waals surface area contributed by atoms with Crippen LogP contribution in [0, 0.1) is 13.8 Å². The van der Waals surface area contributed by atoms with Crippen molar-refractivity contribution in [3.63, 3.8) is 0 Å². The summed E-state index contributed by atoms with van der Waals surface area (Å²) in [7, 11) is -4.15. The zero-order valence-electron chi connectivity index (χ0n) is 27.6. The molecule has 5 rings (SSSR count). The molecular weight excluding hydrogens is 607 g/mol. The van der Waals surface area contributed by atoms with Crippen molar-refractivity contribution in [1.29, 1.82) is 0 Å². The van der Waals surface area contributed by atoms with Gasteiger partial charge < -0.3 is 10.2 Å². The van der Waals surface area contributed by atoms with E-state index in [1.807, 2.05) is 87.5 Å². The lowest BCUT2D eigenvalue weighted by Gasteiger charge is -2.35. The maximum Gasteiger partial charge on any atom is 0.264 e. The molecule has 47 heavy (non-hydrogen) atoms. The van der Waals surface area contributed by atoms with E-state index in [0.717, 1.165) is 53.5 Å². The molecule has 246 valence electrons. The van der Waals surface area contributed by atoms with Crippen molar-refractivity contribution in [2.75, 3.05) is 10.8 Å². The second-order valence-corrected chi connectivity index (χ2v) is 14.4. The fourth-order valence-corrected chi connectivity index (χ4v) is 7.78. The Morgan fingerprint density at radius 1 is 0.809 bits per heavy atom. The highest BCUT2D eigenvalue weighted by molar-refractivity contribution is 7.92. The van der Waals surface area contributed by atoms with Crippen molar-refractivity contribution in [1.82, 2.24) is 10.2 Å². The van der Waals surface area contributed by atoms with Crippen LogP contribution in [0.25, 0.3) is 0 Å². The van der Waals surface area contributed by atoms with Gasteiger partial charge in [-0.2, -0.15) is 0 Å². The highest BCUT2D eigenvalue weighted by Gasteiger charge is 2.36. The van der Waals surface area contributed by atoms with Crippen molar-refractivity contribution < 1.29 is 18.0 Å². The minimum absolute atomic E-state index is 0.0616. The molecule has 1 saturated carbocycles. The standard InChI is InChI=1S/C39H45N3O4S/c1-4-33-17-8-11-20-36(33)42(47(45,46)35-23-21-29(2)22-24-35)28-38(43)41(27-32-16-12-13-30(3)25-32)37(26-31-14-6-5-7-15-31)39(44)40-34-18-9-10-19-34/h5-8,11-17,20-25,34,37H,4,9-10,18-19,26-28H2,1-3H3,(H,40,44)/t37-/m1/s1. The molecule has 4 aromatic rings. The van der Waals surface area contributed by atoms with Crippen LogP contribution in [0.3, 0.4) is 0 Å². The van der Waals surface area contributed by atoms with Gasteiger partial charge >= 0.3 is 0 Å². The molecule has 0 saturated heterocycles. The van der Waals surface area contributed by atoms with Gasteiger partial charge in [-0.05, 0) is 68.0 Å². The molecule has 0 bridgehead atoms. The van der Waals surface area contributed by atoms with Crippen LogP contribution in [0.5, 0.6) is 0 Å². The molecule has 0 heterocycles. The van der Waals surface area contributed by atoms with Crippen LogP contribution in [0.1, 0.15) is 60.4 Å². The Morgan fingerprint density at radius 3 is 2.15 bits per heavy atom. The second kappa shape index (κ2) is 15.4. The maximum atomic E-state index is 14.8. The highest BCUT2D eigenvalue weighted by Crippen LogP contribution is 2.29. The number of sulfonamides is 1. The van der Waals surface area contributed by atoms with Crippen molar-refractivity contribution >= 4 is 27.5 Å². The maximum absolute atomic E-state index is 14.8. The molecule has 0 spiro atoms. The minimum Gasteiger partial charge on any atom is -0.352 e. The van der Waals surface area contributed by atoms with Crippen LogP contribution in [-0.2, 0) is 39.0 Å². The molecule has 0 unspecified atom stereocenters. The molecule has 8 heteroatoms. The third-order valence-electron chi connectivity index (χ3n) is 8.94. The van der Waals surface area contributed by atoms with E-state index in [-0.39, 0.29) is 23.4 Å². The smallest absolute Gasteiger partial charge is 0.264 e. The third-order valence-corrected chi connectivity index (χ3v) is 10.7. The average Bonchev–Trinajstić information content (AvgIpc) is 3.59. The Balaban J connectivity index is 1.59. The summed E-state index contributed by atoms with van der Waals surface area (Å²) in [6.07, 6.45) is 4.81. The number of nitrogens with one attached hydrogen (secondary N) is 1. The first-order valence-corrected chi connectivity index (χ1v) is 18.0. The average molecular weight is 652 g/mol. The lowest BCUT2D eigenvalue weighted by Crippen LogP contribution is -2.54. The number of carbonyl (C=O) groups excluding carboxylic acids is 2. The van der Waals surface area contributed by atoms with Gasteiger partial charge in [-0.3, -0.25) is 13.9 Å². The van der Waals surface area contributed by atoms with E-state index >= 15 is 0 Å². The van der Waals surface area contributed by atoms with Crippen LogP contribution in [0.2, 0.25) is 0 Å². The van der Waals surface area contributed by atoms with E-state index in [2.05, 4.69) is 5.32 Å². The van der Waals surface area contributed by atoms with E-state index in [0.29, 0.717) is 18.5 Å². The summed E-state index contributed by atoms with van der Waals surface area (Å²) in [5.41, 5.74) is 5.01. The van der Waals surface area contributed by atoms with Crippen LogP contribution >= 0.6 is 0 Å². The minimum atomic E-state index is -4.15. The van der Waals surface area contributed by atoms with Gasteiger partial charge in [0.1, 0.15) is 12.6 Å². The van der Waals surface area contributed by atoms with Crippen molar-refractivity contribution in [3.05, 3.63) is 131 Å². The predicted molar refractivity (Wildman–Crippen MR) is 188 cm³/mol. The fraction of sp³-hybridized carbons (Fsp3) is 0.333. The fourth-order valence-electron chi connectivity index (χ4n) is 6.33. The molecule has 0 aliphatic heterocycles. The summed E-state index contributed by atoms with van der Waals surface area (Å²) in [6, 6.07) is 30.7. The molecule has 1 atom stereocenters. The highest BCUT2D eigenvalue weighted by atomic mass is 32.2. The molecule has 1 fully saturated rings. The summed E-state index contributed by atoms with van der Waals surface area (Å²) < 4.78 is 30.0. The number of aryl methyl sites for hydroxylation is 3. The largest absolute Gasteiger partial charge is 0.352 e. The Bertz CT molecular complexity index is 1770. The predicted octanol–water partition coefficient (Wildman–Crippen LogP) is 6.76. The van der Waals surface area contributed by atoms with Crippen LogP contribution in [-0.4, -0.2) is 43.8 Å². The number of benzene rings is 4. The summed E-state index contributed by atoms with van der Waals surface area (Å²) in [5, 5.41) is 3.23. The van der Waals surface area contributed by atoms with E-state index in [1.54, 1.807) is 41.3 Å². The van der Waals surface area contributed by atoms with Gasteiger partial charge in [0.05, 0.1) is 10.6 Å². The van der Waals surface area contributed by atoms with Gasteiger partial charge in [-0.25, -0.2) is 8.42 Å². The lowest BCUT2D eigenvalue weighted by molar-refractivity contribution is -0.140. The van der Waals surface area contributed by atoms with Crippen molar-refractivity contribution in [2.24, 2.45) is 0 Å². The molecule has 2 amide bonds. The van der Waals surface area contributed by atoms with Crippen LogP contribution in [0.15, 0.2) is 108 Å². The van der Waals surface area contributed by atoms with Crippen LogP contribution in [0.4, 0.5) is 5.69 Å². The van der Waals surface area contributed by atoms with Gasteiger partial charge in [-0.1, -0.05) is 116 Å². The van der Waals surface area contributed by atoms with Gasteiger partial charge in [0.25, 0.3) is 10.0 Å². The Labute approximate surface area is 279 Å². The number of hydrogen-bond donors (Lipinski definition) is 1. The Morgan fingerprint density at radius 2 is 1.47 bits per heavy atom. The molecule has 1 aliphatic rings. The summed E-state index contributed by atoms with van der Waals surface area (Å²) in [6.45, 7) is 5.55. The number of carbonyl (C=O) groups is 2. The summed E-state index contributed by atoms with van der Waals surface area (Å²) in [5.74, 6) is -0.667. The van der Waals surface area contributed by atoms with Crippen molar-refractivity contribution in [2.45, 2.75) is 82.8 Å². The Kier molecular flexibility index (Phi) is 11.1. The van der Waals surface area contributed by atoms with E-state index in [9.17, 15) is 18.0 Å². The molecule has 4 aromatic carbocycles. The summed E-state index contributed by atoms with van der Waals surface area (Å²) >= 11 is 0. The van der Waals surface area contributed by atoms with Gasteiger partial charge in [0, 0.05) is 19.0 Å². The number of anilines is 1. The number of amides is 2. The Hall–Kier alpha value is -4.43. The second-order valence-electron chi connectivity index (χ2n) is 12.5. The van der Waals surface area contributed by atoms with Gasteiger partial charge in [0.15, 0.2) is 0 Å². The van der Waals surface area contributed by atoms with Crippen LogP contribution < -0.4 is 9.62 Å². The molecule has 1 aliphatic carbocycles. The number of para-hydroxylation sites is 1. The monoisotopic (exact) mass is 651 g/mol. The van der Waals surface area contributed by atoms with Crippen molar-refractivity contribution in [3.8, 4) is 0 Å². The SMILES string of the molecule is CCc1ccccc1N(CC(=O)N(Cc1cccc(C)c1)[C@H](Cc1ccccc1)C(=O)NC1CCCC1)S(=O)(=O)c1ccc(C)cc1. The normalized spacial score (nSPS) is 14.0. The number of rotatable bonds is 13. The first-order chi connectivity index (χ1) is 22.7. The van der Waals surface area contributed by atoms with E-state index < -0.39 is 28.5 Å². The molecule has 0 radical (unpaired) electrons. The molecule has 7 nitrogen and oxygen atoms in total. The van der Waals surface area contributed by atoms with Gasteiger partial charge in [0.2, 0.25) is 11.8 Å². The lowest BCUT2D eigenvalue weighted by atomic mass is 10.0. The molecule has 0 aromatic heterocycles. The van der Waals surface area contributed by atoms with E-state index in [4.69, 9.17) is 0 Å². The van der Waals surface area contributed by atoms with Gasteiger partial charge in [-0.15, -0.1) is 0 Å². The first kappa shape index (κ1) is 33.9. The number of nitrogens with zero attached hydrogens (tertiary/aromatic N) is 2. The molecule has 1 N–H and O–H groups in total. The molecular formula is C39H45N3O4S. The topological polar surface area (TPSA) is 86.8 Å². The van der Waals surface area contributed by atoms with E-state index in [1.165, 1.54) is 4.31 Å².